The third kappa shape index (κ3) is 3.55. The van der Waals surface area contributed by atoms with Gasteiger partial charge in [0, 0.05) is 19.2 Å². The molecule has 20 heavy (non-hydrogen) atoms. The Hall–Kier alpha value is -1.00. The Morgan fingerprint density at radius 3 is 2.65 bits per heavy atom. The van der Waals surface area contributed by atoms with Gasteiger partial charge in [-0.3, -0.25) is 0 Å². The van der Waals surface area contributed by atoms with E-state index in [2.05, 4.69) is 19.2 Å². The van der Waals surface area contributed by atoms with Gasteiger partial charge in [0.1, 0.15) is 0 Å². The number of rotatable bonds is 5. The fourth-order valence-corrected chi connectivity index (χ4v) is 2.86. The van der Waals surface area contributed by atoms with Gasteiger partial charge in [-0.2, -0.15) is 0 Å². The Morgan fingerprint density at radius 2 is 2.00 bits per heavy atom. The van der Waals surface area contributed by atoms with Crippen molar-refractivity contribution >= 4 is 0 Å². The number of ether oxygens (including phenoxy) is 1. The lowest BCUT2D eigenvalue weighted by Crippen LogP contribution is -2.46. The van der Waals surface area contributed by atoms with Crippen molar-refractivity contribution in [2.24, 2.45) is 0 Å². The van der Waals surface area contributed by atoms with Crippen molar-refractivity contribution in [3.63, 3.8) is 0 Å². The zero-order valence-corrected chi connectivity index (χ0v) is 12.2. The minimum Gasteiger partial charge on any atom is -0.375 e. The molecule has 1 heterocycles. The van der Waals surface area contributed by atoms with Crippen LogP contribution in [0.2, 0.25) is 0 Å². The molecule has 0 amide bonds. The molecule has 112 valence electrons. The van der Waals surface area contributed by atoms with E-state index in [9.17, 15) is 8.78 Å². The molecule has 1 aliphatic heterocycles. The molecule has 2 rings (SSSR count). The smallest absolute Gasteiger partial charge is 0.159 e. The molecule has 2 nitrogen and oxygen atoms in total. The van der Waals surface area contributed by atoms with Gasteiger partial charge in [0.05, 0.1) is 5.60 Å². The maximum atomic E-state index is 13.2. The van der Waals surface area contributed by atoms with Crippen LogP contribution in [0.1, 0.15) is 45.1 Å². The van der Waals surface area contributed by atoms with Crippen LogP contribution in [0.15, 0.2) is 18.2 Å². The number of halogens is 2. The Morgan fingerprint density at radius 1 is 1.25 bits per heavy atom. The molecular weight excluding hydrogens is 260 g/mol. The molecule has 0 aromatic heterocycles. The number of nitrogens with one attached hydrogen (secondary N) is 1. The average Bonchev–Trinajstić information content (AvgIpc) is 2.48. The van der Waals surface area contributed by atoms with Crippen molar-refractivity contribution in [2.75, 3.05) is 6.61 Å². The molecular formula is C16H23F2NO. The highest BCUT2D eigenvalue weighted by atomic mass is 19.2. The second kappa shape index (κ2) is 6.64. The normalized spacial score (nSPS) is 21.9. The van der Waals surface area contributed by atoms with Crippen LogP contribution in [-0.2, 0) is 11.3 Å². The van der Waals surface area contributed by atoms with E-state index in [4.69, 9.17) is 4.74 Å². The third-order valence-electron chi connectivity index (χ3n) is 4.36. The Balaban J connectivity index is 1.91. The van der Waals surface area contributed by atoms with Crippen molar-refractivity contribution in [1.82, 2.24) is 5.32 Å². The fraction of sp³-hybridized carbons (Fsp3) is 0.625. The summed E-state index contributed by atoms with van der Waals surface area (Å²) < 4.78 is 32.0. The Labute approximate surface area is 119 Å². The summed E-state index contributed by atoms with van der Waals surface area (Å²) in [6, 6.07) is 4.43. The summed E-state index contributed by atoms with van der Waals surface area (Å²) >= 11 is 0. The van der Waals surface area contributed by atoms with Gasteiger partial charge in [-0.25, -0.2) is 8.78 Å². The van der Waals surface area contributed by atoms with Gasteiger partial charge in [0.15, 0.2) is 11.6 Å². The molecule has 1 saturated heterocycles. The summed E-state index contributed by atoms with van der Waals surface area (Å²) in [5.41, 5.74) is 0.748. The maximum absolute atomic E-state index is 13.2. The molecule has 0 aliphatic carbocycles. The number of benzene rings is 1. The van der Waals surface area contributed by atoms with Crippen molar-refractivity contribution in [3.05, 3.63) is 35.4 Å². The minimum absolute atomic E-state index is 0.0238. The van der Waals surface area contributed by atoms with E-state index in [1.165, 1.54) is 12.1 Å². The van der Waals surface area contributed by atoms with Crippen LogP contribution >= 0.6 is 0 Å². The largest absolute Gasteiger partial charge is 0.375 e. The van der Waals surface area contributed by atoms with E-state index in [0.29, 0.717) is 12.6 Å². The van der Waals surface area contributed by atoms with Gasteiger partial charge < -0.3 is 10.1 Å². The number of hydrogen-bond donors (Lipinski definition) is 1. The topological polar surface area (TPSA) is 21.3 Å². The van der Waals surface area contributed by atoms with Crippen LogP contribution < -0.4 is 5.32 Å². The van der Waals surface area contributed by atoms with Crippen LogP contribution in [-0.4, -0.2) is 18.2 Å². The molecule has 4 heteroatoms. The lowest BCUT2D eigenvalue weighted by molar-refractivity contribution is -0.0932. The van der Waals surface area contributed by atoms with Crippen LogP contribution in [0.25, 0.3) is 0 Å². The van der Waals surface area contributed by atoms with E-state index in [0.717, 1.165) is 37.9 Å². The van der Waals surface area contributed by atoms with Crippen LogP contribution in [0.3, 0.4) is 0 Å². The molecule has 0 spiro atoms. The highest BCUT2D eigenvalue weighted by Gasteiger charge is 2.34. The minimum atomic E-state index is -0.796. The second-order valence-corrected chi connectivity index (χ2v) is 5.56. The predicted molar refractivity (Wildman–Crippen MR) is 75.5 cm³/mol. The molecule has 1 fully saturated rings. The van der Waals surface area contributed by atoms with Gasteiger partial charge in [-0.05, 0) is 43.4 Å². The van der Waals surface area contributed by atoms with E-state index < -0.39 is 11.6 Å². The Kier molecular flexibility index (Phi) is 5.11. The first-order valence-corrected chi connectivity index (χ1v) is 7.40. The van der Waals surface area contributed by atoms with E-state index in [1.54, 1.807) is 6.07 Å². The quantitative estimate of drug-likeness (QED) is 0.887. The molecule has 0 radical (unpaired) electrons. The van der Waals surface area contributed by atoms with E-state index in [1.807, 2.05) is 0 Å². The lowest BCUT2D eigenvalue weighted by atomic mass is 9.86. The lowest BCUT2D eigenvalue weighted by Gasteiger charge is -2.40. The summed E-state index contributed by atoms with van der Waals surface area (Å²) in [5.74, 6) is -1.58. The number of hydrogen-bond acceptors (Lipinski definition) is 2. The molecule has 1 atom stereocenters. The molecule has 1 unspecified atom stereocenters. The summed E-state index contributed by atoms with van der Waals surface area (Å²) in [5, 5.41) is 3.44. The van der Waals surface area contributed by atoms with Gasteiger partial charge in [0.25, 0.3) is 0 Å². The first-order valence-electron chi connectivity index (χ1n) is 7.40. The zero-order valence-electron chi connectivity index (χ0n) is 12.2. The van der Waals surface area contributed by atoms with E-state index >= 15 is 0 Å². The van der Waals surface area contributed by atoms with Gasteiger partial charge in [-0.15, -0.1) is 0 Å². The monoisotopic (exact) mass is 283 g/mol. The van der Waals surface area contributed by atoms with Gasteiger partial charge >= 0.3 is 0 Å². The Bertz CT molecular complexity index is 446. The second-order valence-electron chi connectivity index (χ2n) is 5.56. The third-order valence-corrected chi connectivity index (χ3v) is 4.36. The molecule has 1 aliphatic rings. The van der Waals surface area contributed by atoms with Crippen LogP contribution in [0.5, 0.6) is 0 Å². The van der Waals surface area contributed by atoms with E-state index in [-0.39, 0.29) is 5.60 Å². The van der Waals surface area contributed by atoms with Crippen molar-refractivity contribution in [1.29, 1.82) is 0 Å². The standard InChI is InChI=1S/C16H23F2NO/c1-3-16(4-2)10-13(7-8-20-16)19-11-12-5-6-14(17)15(18)9-12/h5-6,9,13,19H,3-4,7-8,10-11H2,1-2H3. The molecule has 0 saturated carbocycles. The first kappa shape index (κ1) is 15.4. The average molecular weight is 283 g/mol. The highest BCUT2D eigenvalue weighted by Crippen LogP contribution is 2.31. The van der Waals surface area contributed by atoms with Gasteiger partial charge in [0.2, 0.25) is 0 Å². The van der Waals surface area contributed by atoms with Crippen LogP contribution in [0, 0.1) is 11.6 Å². The summed E-state index contributed by atoms with van der Waals surface area (Å²) in [6.45, 7) is 5.63. The predicted octanol–water partition coefficient (Wildman–Crippen LogP) is 3.79. The van der Waals surface area contributed by atoms with Crippen molar-refractivity contribution in [2.45, 2.75) is 57.7 Å². The molecule has 0 bridgehead atoms. The fourth-order valence-electron chi connectivity index (χ4n) is 2.86. The van der Waals surface area contributed by atoms with Crippen molar-refractivity contribution < 1.29 is 13.5 Å². The highest BCUT2D eigenvalue weighted by molar-refractivity contribution is 5.17. The molecule has 1 N–H and O–H groups in total. The summed E-state index contributed by atoms with van der Waals surface area (Å²) in [7, 11) is 0. The van der Waals surface area contributed by atoms with Gasteiger partial charge in [-0.1, -0.05) is 19.9 Å². The SMILES string of the molecule is CCC1(CC)CC(NCc2ccc(F)c(F)c2)CCO1. The van der Waals surface area contributed by atoms with Crippen molar-refractivity contribution in [3.8, 4) is 0 Å². The summed E-state index contributed by atoms with van der Waals surface area (Å²) in [4.78, 5) is 0. The zero-order chi connectivity index (χ0) is 14.6. The first-order chi connectivity index (χ1) is 9.58. The molecule has 1 aromatic rings. The summed E-state index contributed by atoms with van der Waals surface area (Å²) in [6.07, 6.45) is 3.95. The van der Waals surface area contributed by atoms with Crippen LogP contribution in [0.4, 0.5) is 8.78 Å². The molecule has 1 aromatic carbocycles. The maximum Gasteiger partial charge on any atom is 0.159 e.